The molecule has 1 aliphatic heterocycles. The monoisotopic (exact) mass is 666 g/mol. The Labute approximate surface area is 260 Å². The molecule has 1 fully saturated rings. The van der Waals surface area contributed by atoms with Gasteiger partial charge in [0.25, 0.3) is 11.5 Å². The minimum Gasteiger partial charge on any atom is -0.456 e. The summed E-state index contributed by atoms with van der Waals surface area (Å²) < 4.78 is 43.2. The normalized spacial score (nSPS) is 20.8. The minimum absolute atomic E-state index is 0.0695. The van der Waals surface area contributed by atoms with Crippen LogP contribution in [0.5, 0.6) is 5.75 Å². The molecule has 0 saturated carbocycles. The van der Waals surface area contributed by atoms with E-state index in [4.69, 9.17) is 34.9 Å². The lowest BCUT2D eigenvalue weighted by Crippen LogP contribution is -2.47. The number of esters is 2. The molecule has 5 atom stereocenters. The summed E-state index contributed by atoms with van der Waals surface area (Å²) in [5.74, 6) is -2.06. The maximum atomic E-state index is 13.7. The second kappa shape index (κ2) is 14.4. The van der Waals surface area contributed by atoms with Crippen molar-refractivity contribution in [1.82, 2.24) is 9.13 Å². The quantitative estimate of drug-likeness (QED) is 0.214. The summed E-state index contributed by atoms with van der Waals surface area (Å²) in [6, 6.07) is 15.0. The van der Waals surface area contributed by atoms with E-state index in [1.807, 2.05) is 0 Å². The Bertz CT molecular complexity index is 1700. The van der Waals surface area contributed by atoms with Gasteiger partial charge in [0, 0.05) is 37.4 Å². The van der Waals surface area contributed by atoms with Crippen molar-refractivity contribution in [2.45, 2.75) is 45.3 Å². The topological polar surface area (TPSA) is 158 Å². The molecule has 2 heterocycles. The van der Waals surface area contributed by atoms with Crippen molar-refractivity contribution in [3.63, 3.8) is 0 Å². The number of ether oxygens (including phenoxy) is 3. The zero-order valence-electron chi connectivity index (χ0n) is 23.7. The molecule has 13 nitrogen and oxygen atoms in total. The molecule has 234 valence electrons. The van der Waals surface area contributed by atoms with E-state index in [9.17, 15) is 28.5 Å². The Morgan fingerprint density at radius 2 is 1.59 bits per heavy atom. The molecule has 3 aromatic rings. The fraction of sp³-hybridized carbons (Fsp3) is 0.321. The fourth-order valence-electron chi connectivity index (χ4n) is 4.35. The molecule has 1 unspecified atom stereocenters. The van der Waals surface area contributed by atoms with E-state index < -0.39 is 67.0 Å². The van der Waals surface area contributed by atoms with Gasteiger partial charge < -0.3 is 18.7 Å². The van der Waals surface area contributed by atoms with E-state index in [1.54, 1.807) is 43.3 Å². The van der Waals surface area contributed by atoms with Gasteiger partial charge in [0.15, 0.2) is 18.4 Å². The number of halogens is 1. The second-order valence-electron chi connectivity index (χ2n) is 9.25. The van der Waals surface area contributed by atoms with Crippen LogP contribution < -0.4 is 15.8 Å². The van der Waals surface area contributed by atoms with Crippen LogP contribution in [0.2, 0.25) is 5.02 Å². The Balaban J connectivity index is 1.70. The Morgan fingerprint density at radius 1 is 0.955 bits per heavy atom. The maximum Gasteiger partial charge on any atom is 0.440 e. The molecule has 0 amide bonds. The van der Waals surface area contributed by atoms with Crippen LogP contribution in [0.25, 0.3) is 0 Å². The van der Waals surface area contributed by atoms with Gasteiger partial charge in [-0.3, -0.25) is 28.3 Å². The first-order chi connectivity index (χ1) is 20.9. The second-order valence-corrected chi connectivity index (χ2v) is 13.9. The number of carbonyl (C=O) groups is 3. The third-order valence-corrected chi connectivity index (χ3v) is 10.2. The van der Waals surface area contributed by atoms with E-state index in [2.05, 4.69) is 0 Å². The molecule has 0 spiro atoms. The highest BCUT2D eigenvalue weighted by molar-refractivity contribution is 8.55. The van der Waals surface area contributed by atoms with Crippen LogP contribution in [-0.4, -0.2) is 57.7 Å². The predicted molar refractivity (Wildman–Crippen MR) is 160 cm³/mol. The van der Waals surface area contributed by atoms with Crippen LogP contribution in [0.4, 0.5) is 0 Å². The molecular weight excluding hydrogens is 639 g/mol. The molecule has 2 aromatic carbocycles. The van der Waals surface area contributed by atoms with E-state index in [1.165, 1.54) is 18.2 Å². The van der Waals surface area contributed by atoms with Crippen LogP contribution in [-0.2, 0) is 32.9 Å². The predicted octanol–water partition coefficient (Wildman–Crippen LogP) is 4.07. The highest BCUT2D eigenvalue weighted by Crippen LogP contribution is 2.61. The molecular formula is C28H28ClN2O11PS. The van der Waals surface area contributed by atoms with E-state index in [0.717, 1.165) is 42.1 Å². The summed E-state index contributed by atoms with van der Waals surface area (Å²) in [5, 5.41) is 0.192. The standard InChI is InChI=1S/C28H28ClN2O11PS/c1-4-44-43(37,42-21-13-9-8-12-20(21)29)38-16-22-24(39-17(2)32)25(40-18(3)33)27(41-22)30-15-14-23(34)31(28(30)36)26(35)19-10-6-5-7-11-19/h5-15,22,24-25,27H,4,16H2,1-3H3/t22-,24-,25-,27-,43?/m1/s1. The van der Waals surface area contributed by atoms with Crippen LogP contribution in [0.15, 0.2) is 76.4 Å². The molecule has 16 heteroatoms. The van der Waals surface area contributed by atoms with Crippen molar-refractivity contribution in [2.75, 3.05) is 12.4 Å². The van der Waals surface area contributed by atoms with Crippen molar-refractivity contribution >= 4 is 47.6 Å². The van der Waals surface area contributed by atoms with Gasteiger partial charge in [-0.1, -0.05) is 48.9 Å². The number of para-hydroxylation sites is 1. The van der Waals surface area contributed by atoms with Gasteiger partial charge in [0.05, 0.1) is 11.6 Å². The molecule has 4 rings (SSSR count). The Hall–Kier alpha value is -3.68. The summed E-state index contributed by atoms with van der Waals surface area (Å²) in [7, 11) is 0. The molecule has 0 N–H and O–H groups in total. The third-order valence-electron chi connectivity index (χ3n) is 6.13. The van der Waals surface area contributed by atoms with E-state index in [0.29, 0.717) is 10.3 Å². The number of carbonyl (C=O) groups excluding carboxylic acids is 3. The number of hydrogen-bond donors (Lipinski definition) is 0. The molecule has 1 aliphatic rings. The van der Waals surface area contributed by atoms with Crippen LogP contribution in [0.1, 0.15) is 37.4 Å². The maximum absolute atomic E-state index is 13.7. The minimum atomic E-state index is -3.95. The SMILES string of the molecule is CCSP(=O)(OC[C@H]1O[C@@H](n2ccc(=O)n(C(=O)c3ccccc3)c2=O)[C@H](OC(C)=O)[C@@H]1OC(C)=O)Oc1ccccc1Cl. The van der Waals surface area contributed by atoms with Gasteiger partial charge >= 0.3 is 24.4 Å². The van der Waals surface area contributed by atoms with Gasteiger partial charge in [-0.25, -0.2) is 9.36 Å². The zero-order valence-corrected chi connectivity index (χ0v) is 26.2. The number of hydrogen-bond acceptors (Lipinski definition) is 12. The average Bonchev–Trinajstić information content (AvgIpc) is 3.29. The molecule has 0 radical (unpaired) electrons. The van der Waals surface area contributed by atoms with Gasteiger partial charge in [0.1, 0.15) is 11.9 Å². The van der Waals surface area contributed by atoms with Crippen LogP contribution in [0.3, 0.4) is 0 Å². The Morgan fingerprint density at radius 3 is 2.23 bits per heavy atom. The van der Waals surface area contributed by atoms with E-state index in [-0.39, 0.29) is 16.3 Å². The van der Waals surface area contributed by atoms with E-state index >= 15 is 0 Å². The molecule has 0 bridgehead atoms. The van der Waals surface area contributed by atoms with Gasteiger partial charge in [-0.05, 0) is 35.6 Å². The summed E-state index contributed by atoms with van der Waals surface area (Å²) in [5.41, 5.74) is -1.95. The molecule has 1 saturated heterocycles. The first-order valence-electron chi connectivity index (χ1n) is 13.2. The zero-order chi connectivity index (χ0) is 32.0. The van der Waals surface area contributed by atoms with Crippen LogP contribution in [0, 0.1) is 0 Å². The van der Waals surface area contributed by atoms with Gasteiger partial charge in [-0.15, -0.1) is 0 Å². The smallest absolute Gasteiger partial charge is 0.440 e. The number of rotatable bonds is 11. The highest BCUT2D eigenvalue weighted by Gasteiger charge is 2.51. The number of nitrogens with zero attached hydrogens (tertiary/aromatic N) is 2. The average molecular weight is 667 g/mol. The highest BCUT2D eigenvalue weighted by atomic mass is 35.5. The summed E-state index contributed by atoms with van der Waals surface area (Å²) >= 11 is 7.04. The molecule has 1 aromatic heterocycles. The fourth-order valence-corrected chi connectivity index (χ4v) is 7.56. The Kier molecular flexibility index (Phi) is 10.9. The van der Waals surface area contributed by atoms with Gasteiger partial charge in [-0.2, -0.15) is 4.57 Å². The first kappa shape index (κ1) is 33.2. The van der Waals surface area contributed by atoms with Crippen LogP contribution >= 0.6 is 29.8 Å². The molecule has 44 heavy (non-hydrogen) atoms. The first-order valence-corrected chi connectivity index (χ1v) is 16.7. The lowest BCUT2D eigenvalue weighted by atomic mass is 10.1. The summed E-state index contributed by atoms with van der Waals surface area (Å²) in [4.78, 5) is 63.6. The van der Waals surface area contributed by atoms with Crippen molar-refractivity contribution in [1.29, 1.82) is 0 Å². The van der Waals surface area contributed by atoms with Crippen molar-refractivity contribution in [2.24, 2.45) is 0 Å². The number of benzene rings is 2. The lowest BCUT2D eigenvalue weighted by Gasteiger charge is -2.24. The van der Waals surface area contributed by atoms with Gasteiger partial charge in [0.2, 0.25) is 0 Å². The largest absolute Gasteiger partial charge is 0.456 e. The summed E-state index contributed by atoms with van der Waals surface area (Å²) in [6.45, 7) is -0.525. The van der Waals surface area contributed by atoms with Crippen molar-refractivity contribution in [3.8, 4) is 5.75 Å². The molecule has 0 aliphatic carbocycles. The lowest BCUT2D eigenvalue weighted by molar-refractivity contribution is -0.165. The van der Waals surface area contributed by atoms with Crippen molar-refractivity contribution in [3.05, 3.63) is 98.3 Å². The summed E-state index contributed by atoms with van der Waals surface area (Å²) in [6.07, 6.45) is -4.50. The number of aromatic nitrogens is 2. The third kappa shape index (κ3) is 7.69. The van der Waals surface area contributed by atoms with Crippen molar-refractivity contribution < 1.29 is 42.2 Å².